The second-order valence-electron chi connectivity index (χ2n) is 3.99. The summed E-state index contributed by atoms with van der Waals surface area (Å²) in [6.07, 6.45) is 0.472. The molecule has 0 aliphatic carbocycles. The summed E-state index contributed by atoms with van der Waals surface area (Å²) < 4.78 is 0. The summed E-state index contributed by atoms with van der Waals surface area (Å²) in [6.45, 7) is 0. The number of hydrogen-bond donors (Lipinski definition) is 0. The number of imide groups is 1. The van der Waals surface area contributed by atoms with Crippen LogP contribution in [0, 0.1) is 0 Å². The van der Waals surface area contributed by atoms with Gasteiger partial charge in [-0.1, -0.05) is 41.1 Å². The number of nitrogens with zero attached hydrogens (tertiary/aromatic N) is 3. The van der Waals surface area contributed by atoms with E-state index in [4.69, 9.17) is 11.6 Å². The van der Waals surface area contributed by atoms with Crippen LogP contribution in [0.15, 0.2) is 24.3 Å². The SMILES string of the molecule is O=C1CCC(=O)N1c1nnc(-c2ccccc2Cl)s1. The minimum Gasteiger partial charge on any atom is -0.274 e. The third-order valence-corrected chi connectivity index (χ3v) is 4.03. The maximum absolute atomic E-state index is 11.6. The van der Waals surface area contributed by atoms with E-state index in [1.807, 2.05) is 18.2 Å². The molecular weight excluding hydrogens is 286 g/mol. The van der Waals surface area contributed by atoms with E-state index in [1.54, 1.807) is 6.07 Å². The maximum Gasteiger partial charge on any atom is 0.236 e. The highest BCUT2D eigenvalue weighted by Crippen LogP contribution is 2.34. The molecule has 19 heavy (non-hydrogen) atoms. The van der Waals surface area contributed by atoms with Gasteiger partial charge >= 0.3 is 0 Å². The molecule has 7 heteroatoms. The Bertz CT molecular complexity index is 654. The molecule has 0 bridgehead atoms. The second kappa shape index (κ2) is 4.71. The lowest BCUT2D eigenvalue weighted by molar-refractivity contribution is -0.121. The van der Waals surface area contributed by atoms with Crippen LogP contribution in [0.25, 0.3) is 10.6 Å². The Labute approximate surface area is 117 Å². The standard InChI is InChI=1S/C12H8ClN3O2S/c13-8-4-2-1-3-7(8)11-14-15-12(19-11)16-9(17)5-6-10(16)18/h1-4H,5-6H2. The van der Waals surface area contributed by atoms with E-state index in [2.05, 4.69) is 10.2 Å². The van der Waals surface area contributed by atoms with Crippen molar-refractivity contribution in [3.63, 3.8) is 0 Å². The topological polar surface area (TPSA) is 63.2 Å². The molecule has 2 heterocycles. The van der Waals surface area contributed by atoms with E-state index in [-0.39, 0.29) is 24.7 Å². The lowest BCUT2D eigenvalue weighted by atomic mass is 10.2. The molecule has 0 N–H and O–H groups in total. The van der Waals surface area contributed by atoms with Crippen LogP contribution in [0.5, 0.6) is 0 Å². The Morgan fingerprint density at radius 1 is 1.11 bits per heavy atom. The summed E-state index contributed by atoms with van der Waals surface area (Å²) in [7, 11) is 0. The molecule has 3 rings (SSSR count). The normalized spacial score (nSPS) is 15.3. The number of benzene rings is 1. The van der Waals surface area contributed by atoms with Gasteiger partial charge in [-0.25, -0.2) is 4.90 Å². The maximum atomic E-state index is 11.6. The van der Waals surface area contributed by atoms with Crippen molar-refractivity contribution < 1.29 is 9.59 Å². The zero-order valence-corrected chi connectivity index (χ0v) is 11.2. The molecule has 5 nitrogen and oxygen atoms in total. The molecule has 1 saturated heterocycles. The Balaban J connectivity index is 1.98. The van der Waals surface area contributed by atoms with Gasteiger partial charge in [-0.2, -0.15) is 0 Å². The number of amides is 2. The van der Waals surface area contributed by atoms with E-state index in [9.17, 15) is 9.59 Å². The van der Waals surface area contributed by atoms with Gasteiger partial charge < -0.3 is 0 Å². The first-order valence-corrected chi connectivity index (χ1v) is 6.80. The molecule has 0 atom stereocenters. The molecule has 1 aliphatic heterocycles. The predicted octanol–water partition coefficient (Wildman–Crippen LogP) is 2.51. The minimum atomic E-state index is -0.230. The van der Waals surface area contributed by atoms with Crippen LogP contribution in [-0.4, -0.2) is 22.0 Å². The lowest BCUT2D eigenvalue weighted by Crippen LogP contribution is -2.28. The van der Waals surface area contributed by atoms with Crippen LogP contribution in [0.1, 0.15) is 12.8 Å². The molecule has 0 unspecified atom stereocenters. The van der Waals surface area contributed by atoms with Gasteiger partial charge in [-0.15, -0.1) is 10.2 Å². The summed E-state index contributed by atoms with van der Waals surface area (Å²) >= 11 is 7.26. The Kier molecular flexibility index (Phi) is 3.04. The zero-order valence-electron chi connectivity index (χ0n) is 9.67. The first kappa shape index (κ1) is 12.3. The Hall–Kier alpha value is -1.79. The summed E-state index contributed by atoms with van der Waals surface area (Å²) in [5, 5.41) is 9.37. The molecule has 0 spiro atoms. The predicted molar refractivity (Wildman–Crippen MR) is 72.1 cm³/mol. The van der Waals surface area contributed by atoms with Crippen molar-refractivity contribution in [2.45, 2.75) is 12.8 Å². The number of carbonyl (C=O) groups excluding carboxylic acids is 2. The van der Waals surface area contributed by atoms with Crippen molar-refractivity contribution in [1.82, 2.24) is 10.2 Å². The fraction of sp³-hybridized carbons (Fsp3) is 0.167. The van der Waals surface area contributed by atoms with Gasteiger partial charge in [0.1, 0.15) is 0 Å². The Morgan fingerprint density at radius 2 is 1.79 bits per heavy atom. The molecule has 1 fully saturated rings. The third-order valence-electron chi connectivity index (χ3n) is 2.76. The first-order chi connectivity index (χ1) is 9.16. The number of rotatable bonds is 2. The zero-order chi connectivity index (χ0) is 13.4. The van der Waals surface area contributed by atoms with E-state index in [0.717, 1.165) is 10.5 Å². The molecule has 1 aromatic heterocycles. The van der Waals surface area contributed by atoms with Crippen LogP contribution in [0.3, 0.4) is 0 Å². The molecule has 0 saturated carbocycles. The highest BCUT2D eigenvalue weighted by atomic mass is 35.5. The van der Waals surface area contributed by atoms with E-state index in [0.29, 0.717) is 15.2 Å². The molecule has 2 amide bonds. The van der Waals surface area contributed by atoms with Crippen LogP contribution in [0.2, 0.25) is 5.02 Å². The van der Waals surface area contributed by atoms with E-state index < -0.39 is 0 Å². The molecule has 1 aromatic carbocycles. The average molecular weight is 294 g/mol. The van der Waals surface area contributed by atoms with Crippen molar-refractivity contribution in [3.05, 3.63) is 29.3 Å². The molecular formula is C12H8ClN3O2S. The fourth-order valence-corrected chi connectivity index (χ4v) is 3.04. The quantitative estimate of drug-likeness (QED) is 0.798. The highest BCUT2D eigenvalue weighted by molar-refractivity contribution is 7.18. The van der Waals surface area contributed by atoms with Gasteiger partial charge in [0, 0.05) is 18.4 Å². The smallest absolute Gasteiger partial charge is 0.236 e. The van der Waals surface area contributed by atoms with Gasteiger partial charge in [0.05, 0.1) is 5.02 Å². The lowest BCUT2D eigenvalue weighted by Gasteiger charge is -2.07. The van der Waals surface area contributed by atoms with Crippen molar-refractivity contribution in [1.29, 1.82) is 0 Å². The van der Waals surface area contributed by atoms with Crippen molar-refractivity contribution in [3.8, 4) is 10.6 Å². The molecule has 1 aliphatic rings. The number of anilines is 1. The highest BCUT2D eigenvalue weighted by Gasteiger charge is 2.33. The second-order valence-corrected chi connectivity index (χ2v) is 5.36. The Morgan fingerprint density at radius 3 is 2.47 bits per heavy atom. The van der Waals surface area contributed by atoms with Gasteiger partial charge in [-0.3, -0.25) is 9.59 Å². The monoisotopic (exact) mass is 293 g/mol. The number of carbonyl (C=O) groups is 2. The van der Waals surface area contributed by atoms with Crippen LogP contribution >= 0.6 is 22.9 Å². The van der Waals surface area contributed by atoms with Crippen molar-refractivity contribution in [2.75, 3.05) is 4.90 Å². The molecule has 0 radical (unpaired) electrons. The average Bonchev–Trinajstić information content (AvgIpc) is 2.97. The van der Waals surface area contributed by atoms with Gasteiger partial charge in [0.25, 0.3) is 0 Å². The number of halogens is 1. The minimum absolute atomic E-state index is 0.230. The van der Waals surface area contributed by atoms with Crippen molar-refractivity contribution in [2.24, 2.45) is 0 Å². The summed E-state index contributed by atoms with van der Waals surface area (Å²) in [5.74, 6) is -0.460. The largest absolute Gasteiger partial charge is 0.274 e. The van der Waals surface area contributed by atoms with Crippen LogP contribution in [-0.2, 0) is 9.59 Å². The van der Waals surface area contributed by atoms with Crippen LogP contribution < -0.4 is 4.90 Å². The number of hydrogen-bond acceptors (Lipinski definition) is 5. The van der Waals surface area contributed by atoms with Crippen LogP contribution in [0.4, 0.5) is 5.13 Å². The molecule has 2 aromatic rings. The van der Waals surface area contributed by atoms with Crippen molar-refractivity contribution >= 4 is 39.9 Å². The molecule has 96 valence electrons. The van der Waals surface area contributed by atoms with Gasteiger partial charge in [-0.05, 0) is 6.07 Å². The summed E-state index contributed by atoms with van der Waals surface area (Å²) in [6, 6.07) is 7.24. The van der Waals surface area contributed by atoms with Gasteiger partial charge in [0.15, 0.2) is 5.01 Å². The van der Waals surface area contributed by atoms with E-state index >= 15 is 0 Å². The summed E-state index contributed by atoms with van der Waals surface area (Å²) in [5.41, 5.74) is 0.743. The number of aromatic nitrogens is 2. The van der Waals surface area contributed by atoms with Gasteiger partial charge in [0.2, 0.25) is 16.9 Å². The fourth-order valence-electron chi connectivity index (χ4n) is 1.84. The third kappa shape index (κ3) is 2.13. The first-order valence-electron chi connectivity index (χ1n) is 5.61. The summed E-state index contributed by atoms with van der Waals surface area (Å²) in [4.78, 5) is 24.3. The van der Waals surface area contributed by atoms with E-state index in [1.165, 1.54) is 11.3 Å².